The third kappa shape index (κ3) is 2.72. The van der Waals surface area contributed by atoms with Gasteiger partial charge in [0.25, 0.3) is 0 Å². The normalized spacial score (nSPS) is 11.9. The second-order valence-electron chi connectivity index (χ2n) is 6.39. The van der Waals surface area contributed by atoms with Crippen LogP contribution >= 0.6 is 0 Å². The Labute approximate surface area is 119 Å². The van der Waals surface area contributed by atoms with Gasteiger partial charge in [0.05, 0.1) is 11.0 Å². The lowest BCUT2D eigenvalue weighted by atomic mass is 9.92. The van der Waals surface area contributed by atoms with Gasteiger partial charge in [-0.25, -0.2) is 4.98 Å². The smallest absolute Gasteiger partial charge is 0.107 e. The molecule has 3 nitrogen and oxygen atoms in total. The van der Waals surface area contributed by atoms with Crippen LogP contribution in [0.3, 0.4) is 0 Å². The Morgan fingerprint density at radius 2 is 1.75 bits per heavy atom. The fraction of sp³-hybridized carbons (Fsp3) is 0.294. The number of H-pyrrole nitrogens is 1. The molecule has 3 rings (SSSR count). The van der Waals surface area contributed by atoms with Crippen LogP contribution in [0.2, 0.25) is 0 Å². The van der Waals surface area contributed by atoms with Crippen LogP contribution in [0.15, 0.2) is 42.7 Å². The summed E-state index contributed by atoms with van der Waals surface area (Å²) >= 11 is 0. The first-order chi connectivity index (χ1) is 9.51. The monoisotopic (exact) mass is 265 g/mol. The highest BCUT2D eigenvalue weighted by molar-refractivity contribution is 5.81. The van der Waals surface area contributed by atoms with Crippen molar-refractivity contribution in [1.82, 2.24) is 15.0 Å². The molecule has 20 heavy (non-hydrogen) atoms. The van der Waals surface area contributed by atoms with Crippen molar-refractivity contribution in [2.45, 2.75) is 27.2 Å². The Bertz CT molecular complexity index is 721. The minimum atomic E-state index is 0.238. The predicted octanol–water partition coefficient (Wildman–Crippen LogP) is 4.21. The molecule has 0 bridgehead atoms. The van der Waals surface area contributed by atoms with Gasteiger partial charge in [-0.05, 0) is 40.8 Å². The van der Waals surface area contributed by atoms with Crippen molar-refractivity contribution in [1.29, 1.82) is 0 Å². The van der Waals surface area contributed by atoms with E-state index in [-0.39, 0.29) is 5.41 Å². The molecule has 0 aliphatic heterocycles. The van der Waals surface area contributed by atoms with Gasteiger partial charge in [-0.3, -0.25) is 4.98 Å². The number of imidazole rings is 1. The average molecular weight is 265 g/mol. The van der Waals surface area contributed by atoms with Gasteiger partial charge in [0.15, 0.2) is 0 Å². The van der Waals surface area contributed by atoms with Crippen LogP contribution in [0.5, 0.6) is 0 Å². The first-order valence-corrected chi connectivity index (χ1v) is 6.90. The lowest BCUT2D eigenvalue weighted by Gasteiger charge is -2.15. The maximum atomic E-state index is 4.66. The van der Waals surface area contributed by atoms with Crippen molar-refractivity contribution >= 4 is 11.0 Å². The molecule has 102 valence electrons. The summed E-state index contributed by atoms with van der Waals surface area (Å²) in [6, 6.07) is 10.4. The molecule has 0 aliphatic carbocycles. The zero-order chi connectivity index (χ0) is 14.2. The maximum absolute atomic E-state index is 4.66. The standard InChI is InChI=1S/C17H19N3/c1-17(2,3)11-16-19-14-5-4-13(10-15(14)20-16)12-6-8-18-9-7-12/h4-10H,11H2,1-3H3,(H,19,20). The van der Waals surface area contributed by atoms with Crippen LogP contribution < -0.4 is 0 Å². The minimum absolute atomic E-state index is 0.238. The summed E-state index contributed by atoms with van der Waals surface area (Å²) in [5, 5.41) is 0. The Balaban J connectivity index is 2.00. The quantitative estimate of drug-likeness (QED) is 0.754. The Morgan fingerprint density at radius 1 is 1.00 bits per heavy atom. The number of nitrogens with one attached hydrogen (secondary N) is 1. The summed E-state index contributed by atoms with van der Waals surface area (Å²) in [5.74, 6) is 1.05. The minimum Gasteiger partial charge on any atom is -0.342 e. The maximum Gasteiger partial charge on any atom is 0.107 e. The van der Waals surface area contributed by atoms with E-state index in [2.05, 4.69) is 53.9 Å². The third-order valence-electron chi connectivity index (χ3n) is 3.24. The van der Waals surface area contributed by atoms with E-state index in [4.69, 9.17) is 0 Å². The molecule has 0 saturated heterocycles. The zero-order valence-electron chi connectivity index (χ0n) is 12.1. The van der Waals surface area contributed by atoms with Crippen LogP contribution in [-0.4, -0.2) is 15.0 Å². The Hall–Kier alpha value is -2.16. The van der Waals surface area contributed by atoms with Gasteiger partial charge in [-0.1, -0.05) is 26.8 Å². The summed E-state index contributed by atoms with van der Waals surface area (Å²) in [5.41, 5.74) is 4.72. The number of rotatable bonds is 2. The van der Waals surface area contributed by atoms with E-state index in [1.54, 1.807) is 0 Å². The molecule has 3 aromatic rings. The third-order valence-corrected chi connectivity index (χ3v) is 3.24. The molecule has 1 aromatic carbocycles. The van der Waals surface area contributed by atoms with E-state index in [1.165, 1.54) is 11.1 Å². The van der Waals surface area contributed by atoms with E-state index in [0.29, 0.717) is 0 Å². The number of hydrogen-bond donors (Lipinski definition) is 1. The van der Waals surface area contributed by atoms with Crippen molar-refractivity contribution in [3.8, 4) is 11.1 Å². The van der Waals surface area contributed by atoms with Crippen molar-refractivity contribution in [3.05, 3.63) is 48.5 Å². The van der Waals surface area contributed by atoms with E-state index in [0.717, 1.165) is 23.3 Å². The van der Waals surface area contributed by atoms with Gasteiger partial charge < -0.3 is 4.98 Å². The largest absolute Gasteiger partial charge is 0.342 e. The fourth-order valence-electron chi connectivity index (χ4n) is 2.37. The van der Waals surface area contributed by atoms with Gasteiger partial charge in [0.1, 0.15) is 5.82 Å². The van der Waals surface area contributed by atoms with E-state index >= 15 is 0 Å². The fourth-order valence-corrected chi connectivity index (χ4v) is 2.37. The summed E-state index contributed by atoms with van der Waals surface area (Å²) < 4.78 is 0. The molecule has 0 radical (unpaired) electrons. The van der Waals surface area contributed by atoms with Crippen LogP contribution in [0.1, 0.15) is 26.6 Å². The van der Waals surface area contributed by atoms with Crippen molar-refractivity contribution in [3.63, 3.8) is 0 Å². The first-order valence-electron chi connectivity index (χ1n) is 6.90. The lowest BCUT2D eigenvalue weighted by Crippen LogP contribution is -2.10. The predicted molar refractivity (Wildman–Crippen MR) is 82.5 cm³/mol. The van der Waals surface area contributed by atoms with Crippen LogP contribution in [0.4, 0.5) is 0 Å². The Kier molecular flexibility index (Phi) is 3.05. The van der Waals surface area contributed by atoms with E-state index in [9.17, 15) is 0 Å². The van der Waals surface area contributed by atoms with E-state index in [1.807, 2.05) is 24.5 Å². The average Bonchev–Trinajstić information content (AvgIpc) is 2.78. The topological polar surface area (TPSA) is 41.6 Å². The molecule has 2 heterocycles. The van der Waals surface area contributed by atoms with Gasteiger partial charge in [0, 0.05) is 18.8 Å². The molecule has 0 atom stereocenters. The molecule has 3 heteroatoms. The molecule has 0 fully saturated rings. The highest BCUT2D eigenvalue weighted by atomic mass is 14.9. The number of benzene rings is 1. The lowest BCUT2D eigenvalue weighted by molar-refractivity contribution is 0.402. The van der Waals surface area contributed by atoms with Gasteiger partial charge >= 0.3 is 0 Å². The summed E-state index contributed by atoms with van der Waals surface area (Å²) in [6.45, 7) is 6.67. The van der Waals surface area contributed by atoms with Gasteiger partial charge in [0.2, 0.25) is 0 Å². The van der Waals surface area contributed by atoms with Crippen LogP contribution in [-0.2, 0) is 6.42 Å². The van der Waals surface area contributed by atoms with Gasteiger partial charge in [-0.15, -0.1) is 0 Å². The number of fused-ring (bicyclic) bond motifs is 1. The van der Waals surface area contributed by atoms with Crippen molar-refractivity contribution in [2.75, 3.05) is 0 Å². The zero-order valence-corrected chi connectivity index (χ0v) is 12.1. The number of aromatic nitrogens is 3. The molecule has 1 N–H and O–H groups in total. The van der Waals surface area contributed by atoms with Crippen LogP contribution in [0.25, 0.3) is 22.2 Å². The molecule has 0 saturated carbocycles. The SMILES string of the molecule is CC(C)(C)Cc1nc2ccc(-c3ccncc3)cc2[nH]1. The van der Waals surface area contributed by atoms with E-state index < -0.39 is 0 Å². The highest BCUT2D eigenvalue weighted by Gasteiger charge is 2.14. The molecule has 0 aliphatic rings. The molecule has 0 unspecified atom stereocenters. The van der Waals surface area contributed by atoms with Crippen molar-refractivity contribution in [2.24, 2.45) is 5.41 Å². The summed E-state index contributed by atoms with van der Waals surface area (Å²) in [7, 11) is 0. The van der Waals surface area contributed by atoms with Gasteiger partial charge in [-0.2, -0.15) is 0 Å². The second-order valence-corrected chi connectivity index (χ2v) is 6.39. The molecule has 2 aromatic heterocycles. The molecular weight excluding hydrogens is 246 g/mol. The highest BCUT2D eigenvalue weighted by Crippen LogP contribution is 2.25. The molecular formula is C17H19N3. The number of nitrogens with zero attached hydrogens (tertiary/aromatic N) is 2. The molecule has 0 spiro atoms. The first kappa shape index (κ1) is 12.9. The number of pyridine rings is 1. The summed E-state index contributed by atoms with van der Waals surface area (Å²) in [6.07, 6.45) is 4.58. The van der Waals surface area contributed by atoms with Crippen LogP contribution in [0, 0.1) is 5.41 Å². The molecule has 0 amide bonds. The second kappa shape index (κ2) is 4.75. The number of aromatic amines is 1. The Morgan fingerprint density at radius 3 is 2.45 bits per heavy atom. The number of hydrogen-bond acceptors (Lipinski definition) is 2. The summed E-state index contributed by atoms with van der Waals surface area (Å²) in [4.78, 5) is 12.2. The van der Waals surface area contributed by atoms with Crippen molar-refractivity contribution < 1.29 is 0 Å².